The van der Waals surface area contributed by atoms with Crippen LogP contribution in [0.4, 0.5) is 10.8 Å². The molecule has 2 nitrogen and oxygen atoms in total. The minimum absolute atomic E-state index is 0.760. The van der Waals surface area contributed by atoms with Crippen molar-refractivity contribution in [2.24, 2.45) is 0 Å². The van der Waals surface area contributed by atoms with Gasteiger partial charge >= 0.3 is 0 Å². The van der Waals surface area contributed by atoms with E-state index in [9.17, 15) is 0 Å². The molecule has 21 heavy (non-hydrogen) atoms. The maximum absolute atomic E-state index is 6.14. The summed E-state index contributed by atoms with van der Waals surface area (Å²) in [6.07, 6.45) is 0. The van der Waals surface area contributed by atoms with Crippen molar-refractivity contribution < 1.29 is 0 Å². The molecule has 0 atom stereocenters. The second-order valence-corrected chi connectivity index (χ2v) is 6.26. The summed E-state index contributed by atoms with van der Waals surface area (Å²) < 4.78 is 0. The summed E-state index contributed by atoms with van der Waals surface area (Å²) in [5.74, 6) is 0. The normalized spacial score (nSPS) is 10.6. The average molecular weight is 315 g/mol. The Morgan fingerprint density at radius 1 is 1.05 bits per heavy atom. The van der Waals surface area contributed by atoms with Gasteiger partial charge in [-0.15, -0.1) is 11.3 Å². The zero-order valence-electron chi connectivity index (χ0n) is 11.9. The predicted molar refractivity (Wildman–Crippen MR) is 91.8 cm³/mol. The van der Waals surface area contributed by atoms with Crippen molar-refractivity contribution in [3.05, 3.63) is 64.0 Å². The monoisotopic (exact) mass is 314 g/mol. The summed E-state index contributed by atoms with van der Waals surface area (Å²) in [6, 6.07) is 14.3. The molecular formula is C17H15ClN2S. The molecule has 0 aliphatic carbocycles. The maximum Gasteiger partial charge on any atom is 0.187 e. The number of hydrogen-bond acceptors (Lipinski definition) is 3. The first-order valence-corrected chi connectivity index (χ1v) is 7.93. The molecule has 0 radical (unpaired) electrons. The van der Waals surface area contributed by atoms with Gasteiger partial charge < -0.3 is 5.32 Å². The van der Waals surface area contributed by atoms with E-state index in [1.807, 2.05) is 25.1 Å². The van der Waals surface area contributed by atoms with Crippen molar-refractivity contribution in [3.8, 4) is 11.3 Å². The number of aromatic nitrogens is 1. The minimum atomic E-state index is 0.760. The van der Waals surface area contributed by atoms with E-state index in [2.05, 4.69) is 46.9 Å². The fourth-order valence-corrected chi connectivity index (χ4v) is 2.90. The molecule has 0 saturated carbocycles. The van der Waals surface area contributed by atoms with E-state index in [-0.39, 0.29) is 0 Å². The number of halogens is 1. The van der Waals surface area contributed by atoms with E-state index in [4.69, 9.17) is 11.6 Å². The first-order valence-electron chi connectivity index (χ1n) is 6.67. The fourth-order valence-electron chi connectivity index (χ4n) is 1.98. The van der Waals surface area contributed by atoms with Crippen LogP contribution >= 0.6 is 22.9 Å². The Kier molecular flexibility index (Phi) is 3.95. The summed E-state index contributed by atoms with van der Waals surface area (Å²) in [5, 5.41) is 6.98. The molecule has 1 heterocycles. The zero-order chi connectivity index (χ0) is 14.8. The highest BCUT2D eigenvalue weighted by Crippen LogP contribution is 2.28. The average Bonchev–Trinajstić information content (AvgIpc) is 2.92. The number of thiazole rings is 1. The number of aryl methyl sites for hydroxylation is 2. The standard InChI is InChI=1S/C17H15ClN2S/c1-11-3-6-13(7-4-11)16-10-21-17(20-16)19-14-8-5-12(2)15(18)9-14/h3-10H,1-2H3,(H,19,20). The first kappa shape index (κ1) is 14.1. The van der Waals surface area contributed by atoms with Crippen LogP contribution in [-0.2, 0) is 0 Å². The van der Waals surface area contributed by atoms with Crippen LogP contribution in [-0.4, -0.2) is 4.98 Å². The third-order valence-corrected chi connectivity index (χ3v) is 4.44. The van der Waals surface area contributed by atoms with E-state index in [0.29, 0.717) is 0 Å². The molecule has 4 heteroatoms. The molecular weight excluding hydrogens is 300 g/mol. The molecule has 106 valence electrons. The number of hydrogen-bond donors (Lipinski definition) is 1. The van der Waals surface area contributed by atoms with Gasteiger partial charge in [0.15, 0.2) is 5.13 Å². The Hall–Kier alpha value is -1.84. The van der Waals surface area contributed by atoms with Gasteiger partial charge in [0, 0.05) is 21.7 Å². The summed E-state index contributed by atoms with van der Waals surface area (Å²) in [5.41, 5.74) is 5.39. The molecule has 0 aliphatic rings. The molecule has 0 fully saturated rings. The lowest BCUT2D eigenvalue weighted by Gasteiger charge is -2.04. The molecule has 0 bridgehead atoms. The smallest absolute Gasteiger partial charge is 0.187 e. The van der Waals surface area contributed by atoms with Gasteiger partial charge in [-0.2, -0.15) is 0 Å². The van der Waals surface area contributed by atoms with E-state index in [1.54, 1.807) is 11.3 Å². The van der Waals surface area contributed by atoms with E-state index >= 15 is 0 Å². The minimum Gasteiger partial charge on any atom is -0.331 e. The van der Waals surface area contributed by atoms with Crippen LogP contribution in [0.1, 0.15) is 11.1 Å². The van der Waals surface area contributed by atoms with Gasteiger partial charge in [0.25, 0.3) is 0 Å². The Balaban J connectivity index is 1.81. The lowest BCUT2D eigenvalue weighted by Crippen LogP contribution is -1.90. The molecule has 0 aliphatic heterocycles. The van der Waals surface area contributed by atoms with Crippen LogP contribution in [0, 0.1) is 13.8 Å². The highest BCUT2D eigenvalue weighted by molar-refractivity contribution is 7.14. The topological polar surface area (TPSA) is 24.9 Å². The first-order chi connectivity index (χ1) is 10.1. The van der Waals surface area contributed by atoms with Gasteiger partial charge in [0.1, 0.15) is 0 Å². The molecule has 0 spiro atoms. The Morgan fingerprint density at radius 3 is 2.52 bits per heavy atom. The van der Waals surface area contributed by atoms with Crippen LogP contribution < -0.4 is 5.32 Å². The number of nitrogens with zero attached hydrogens (tertiary/aromatic N) is 1. The van der Waals surface area contributed by atoms with Crippen molar-refractivity contribution in [1.82, 2.24) is 4.98 Å². The van der Waals surface area contributed by atoms with Gasteiger partial charge in [-0.3, -0.25) is 0 Å². The molecule has 3 rings (SSSR count). The molecule has 3 aromatic rings. The largest absolute Gasteiger partial charge is 0.331 e. The Bertz CT molecular complexity index is 763. The SMILES string of the molecule is Cc1ccc(-c2csc(Nc3ccc(C)c(Cl)c3)n2)cc1. The van der Waals surface area contributed by atoms with Crippen LogP contribution in [0.2, 0.25) is 5.02 Å². The van der Waals surface area contributed by atoms with Crippen molar-refractivity contribution in [3.63, 3.8) is 0 Å². The lowest BCUT2D eigenvalue weighted by molar-refractivity contribution is 1.37. The Morgan fingerprint density at radius 2 is 1.81 bits per heavy atom. The molecule has 0 amide bonds. The van der Waals surface area contributed by atoms with Crippen LogP contribution in [0.3, 0.4) is 0 Å². The number of nitrogens with one attached hydrogen (secondary N) is 1. The predicted octanol–water partition coefficient (Wildman–Crippen LogP) is 5.82. The number of rotatable bonds is 3. The zero-order valence-corrected chi connectivity index (χ0v) is 13.4. The second kappa shape index (κ2) is 5.88. The fraction of sp³-hybridized carbons (Fsp3) is 0.118. The Labute approximate surface area is 133 Å². The van der Waals surface area contributed by atoms with Crippen LogP contribution in [0.5, 0.6) is 0 Å². The molecule has 0 unspecified atom stereocenters. The van der Waals surface area contributed by atoms with Gasteiger partial charge in [-0.05, 0) is 31.5 Å². The highest BCUT2D eigenvalue weighted by atomic mass is 35.5. The number of anilines is 2. The van der Waals surface area contributed by atoms with Crippen molar-refractivity contribution >= 4 is 33.8 Å². The molecule has 2 aromatic carbocycles. The van der Waals surface area contributed by atoms with Crippen LogP contribution in [0.15, 0.2) is 47.8 Å². The maximum atomic E-state index is 6.14. The van der Waals surface area contributed by atoms with Gasteiger partial charge in [-0.25, -0.2) is 4.98 Å². The van der Waals surface area contributed by atoms with E-state index in [1.165, 1.54) is 5.56 Å². The summed E-state index contributed by atoms with van der Waals surface area (Å²) in [7, 11) is 0. The summed E-state index contributed by atoms with van der Waals surface area (Å²) >= 11 is 7.73. The van der Waals surface area contributed by atoms with Gasteiger partial charge in [-0.1, -0.05) is 47.5 Å². The molecule has 1 aromatic heterocycles. The van der Waals surface area contributed by atoms with Crippen molar-refractivity contribution in [2.75, 3.05) is 5.32 Å². The summed E-state index contributed by atoms with van der Waals surface area (Å²) in [4.78, 5) is 4.62. The quantitative estimate of drug-likeness (QED) is 0.658. The van der Waals surface area contributed by atoms with Crippen molar-refractivity contribution in [2.45, 2.75) is 13.8 Å². The van der Waals surface area contributed by atoms with Crippen LogP contribution in [0.25, 0.3) is 11.3 Å². The summed E-state index contributed by atoms with van der Waals surface area (Å²) in [6.45, 7) is 4.07. The second-order valence-electron chi connectivity index (χ2n) is 4.99. The third-order valence-electron chi connectivity index (χ3n) is 3.27. The van der Waals surface area contributed by atoms with E-state index < -0.39 is 0 Å². The van der Waals surface area contributed by atoms with E-state index in [0.717, 1.165) is 32.7 Å². The van der Waals surface area contributed by atoms with Gasteiger partial charge in [0.2, 0.25) is 0 Å². The lowest BCUT2D eigenvalue weighted by atomic mass is 10.1. The third kappa shape index (κ3) is 3.26. The van der Waals surface area contributed by atoms with Gasteiger partial charge in [0.05, 0.1) is 5.69 Å². The highest BCUT2D eigenvalue weighted by Gasteiger charge is 2.05. The van der Waals surface area contributed by atoms with Crippen molar-refractivity contribution in [1.29, 1.82) is 0 Å². The molecule has 1 N–H and O–H groups in total. The number of benzene rings is 2. The molecule has 0 saturated heterocycles.